The van der Waals surface area contributed by atoms with Crippen molar-refractivity contribution in [3.05, 3.63) is 94.4 Å². The molecule has 0 amide bonds. The fourth-order valence-corrected chi connectivity index (χ4v) is 3.55. The van der Waals surface area contributed by atoms with E-state index in [4.69, 9.17) is 30.5 Å². The fourth-order valence-electron chi connectivity index (χ4n) is 3.38. The number of ether oxygens (including phenoxy) is 4. The van der Waals surface area contributed by atoms with Gasteiger partial charge in [-0.1, -0.05) is 35.9 Å². The number of para-hydroxylation sites is 4. The highest BCUT2D eigenvalue weighted by Gasteiger charge is 2.37. The predicted molar refractivity (Wildman–Crippen MR) is 124 cm³/mol. The van der Waals surface area contributed by atoms with E-state index in [9.17, 15) is 9.59 Å². The molecule has 0 spiro atoms. The first-order valence-electron chi connectivity index (χ1n) is 10.5. The Morgan fingerprint density at radius 2 is 1.09 bits per heavy atom. The average molecular weight is 465 g/mol. The Morgan fingerprint density at radius 3 is 1.58 bits per heavy atom. The lowest BCUT2D eigenvalue weighted by atomic mass is 9.92. The molecule has 0 unspecified atom stereocenters. The van der Waals surface area contributed by atoms with Gasteiger partial charge in [-0.3, -0.25) is 9.59 Å². The molecule has 1 aliphatic rings. The Morgan fingerprint density at radius 1 is 0.636 bits per heavy atom. The van der Waals surface area contributed by atoms with Crippen LogP contribution in [0.2, 0.25) is 5.02 Å². The molecule has 1 aliphatic carbocycles. The summed E-state index contributed by atoms with van der Waals surface area (Å²) in [6.07, 6.45) is 0. The average Bonchev–Trinajstić information content (AvgIpc) is 2.82. The lowest BCUT2D eigenvalue weighted by molar-refractivity contribution is 0.0894. The number of hydrogen-bond acceptors (Lipinski definition) is 6. The van der Waals surface area contributed by atoms with Crippen molar-refractivity contribution in [2.45, 2.75) is 13.8 Å². The number of carbonyl (C=O) groups is 2. The number of ketones is 2. The molecule has 0 fully saturated rings. The van der Waals surface area contributed by atoms with Gasteiger partial charge in [0.15, 0.2) is 23.0 Å². The zero-order valence-electron chi connectivity index (χ0n) is 18.1. The van der Waals surface area contributed by atoms with Crippen LogP contribution in [0.3, 0.4) is 0 Å². The van der Waals surface area contributed by atoms with Gasteiger partial charge >= 0.3 is 0 Å². The van der Waals surface area contributed by atoms with E-state index in [0.717, 1.165) is 0 Å². The van der Waals surface area contributed by atoms with E-state index < -0.39 is 11.6 Å². The van der Waals surface area contributed by atoms with Crippen LogP contribution in [0, 0.1) is 0 Å². The summed E-state index contributed by atoms with van der Waals surface area (Å²) >= 11 is 6.10. The quantitative estimate of drug-likeness (QED) is 0.414. The van der Waals surface area contributed by atoms with E-state index in [0.29, 0.717) is 29.7 Å². The van der Waals surface area contributed by atoms with Crippen molar-refractivity contribution in [2.75, 3.05) is 13.2 Å². The minimum absolute atomic E-state index is 0.141. The van der Waals surface area contributed by atoms with Gasteiger partial charge in [0.2, 0.25) is 23.1 Å². The molecule has 0 radical (unpaired) electrons. The highest BCUT2D eigenvalue weighted by molar-refractivity contribution is 6.32. The summed E-state index contributed by atoms with van der Waals surface area (Å²) in [7, 11) is 0. The van der Waals surface area contributed by atoms with Crippen LogP contribution < -0.4 is 18.9 Å². The normalized spacial score (nSPS) is 12.9. The van der Waals surface area contributed by atoms with Crippen LogP contribution in [0.25, 0.3) is 0 Å². The summed E-state index contributed by atoms with van der Waals surface area (Å²) in [5, 5.41) is 0.329. The van der Waals surface area contributed by atoms with Crippen LogP contribution in [0.4, 0.5) is 0 Å². The van der Waals surface area contributed by atoms with E-state index in [1.54, 1.807) is 54.6 Å². The molecule has 0 aliphatic heterocycles. The van der Waals surface area contributed by atoms with Crippen LogP contribution in [-0.2, 0) is 0 Å². The largest absolute Gasteiger partial charge is 0.490 e. The number of carbonyl (C=O) groups excluding carboxylic acids is 2. The van der Waals surface area contributed by atoms with Gasteiger partial charge in [-0.05, 0) is 56.3 Å². The van der Waals surface area contributed by atoms with Gasteiger partial charge in [0.05, 0.1) is 13.2 Å². The molecule has 0 saturated heterocycles. The lowest BCUT2D eigenvalue weighted by Crippen LogP contribution is -2.28. The van der Waals surface area contributed by atoms with Gasteiger partial charge in [-0.25, -0.2) is 0 Å². The number of fused-ring (bicyclic) bond motifs is 1. The standard InChI is InChI=1S/C26H21ClO6/c1-3-30-19-9-5-7-11-21(19)32-25-23(28)17-14-13-16(27)15-18(17)24(29)26(25)33-22-12-8-6-10-20(22)31-4-2/h5-15H,3-4H2,1-2H3. The maximum atomic E-state index is 13.5. The van der Waals surface area contributed by atoms with Crippen molar-refractivity contribution in [1.29, 1.82) is 0 Å². The molecule has 33 heavy (non-hydrogen) atoms. The van der Waals surface area contributed by atoms with Gasteiger partial charge in [0.25, 0.3) is 0 Å². The first kappa shape index (κ1) is 22.4. The molecule has 7 heteroatoms. The maximum absolute atomic E-state index is 13.5. The van der Waals surface area contributed by atoms with Crippen molar-refractivity contribution in [3.63, 3.8) is 0 Å². The monoisotopic (exact) mass is 464 g/mol. The number of allylic oxidation sites excluding steroid dienone is 2. The Hall–Kier alpha value is -3.77. The third-order valence-corrected chi connectivity index (χ3v) is 5.05. The smallest absolute Gasteiger partial charge is 0.233 e. The van der Waals surface area contributed by atoms with Crippen LogP contribution >= 0.6 is 11.6 Å². The van der Waals surface area contributed by atoms with Crippen molar-refractivity contribution in [3.8, 4) is 23.0 Å². The zero-order chi connectivity index (χ0) is 23.4. The Kier molecular flexibility index (Phi) is 6.66. The van der Waals surface area contributed by atoms with Gasteiger partial charge in [-0.2, -0.15) is 0 Å². The Balaban J connectivity index is 1.85. The number of rotatable bonds is 8. The highest BCUT2D eigenvalue weighted by Crippen LogP contribution is 2.36. The van der Waals surface area contributed by atoms with Crippen LogP contribution in [0.1, 0.15) is 34.6 Å². The molecule has 4 rings (SSSR count). The Labute approximate surface area is 196 Å². The van der Waals surface area contributed by atoms with Crippen LogP contribution in [0.15, 0.2) is 78.2 Å². The lowest BCUT2D eigenvalue weighted by Gasteiger charge is -2.22. The van der Waals surface area contributed by atoms with E-state index in [1.807, 2.05) is 13.8 Å². The number of hydrogen-bond donors (Lipinski definition) is 0. The maximum Gasteiger partial charge on any atom is 0.233 e. The summed E-state index contributed by atoms with van der Waals surface area (Å²) in [5.74, 6) is -0.102. The van der Waals surface area contributed by atoms with Crippen molar-refractivity contribution in [2.24, 2.45) is 0 Å². The molecule has 0 N–H and O–H groups in total. The van der Waals surface area contributed by atoms with Crippen LogP contribution in [0.5, 0.6) is 23.0 Å². The third kappa shape index (κ3) is 4.56. The van der Waals surface area contributed by atoms with Crippen molar-refractivity contribution in [1.82, 2.24) is 0 Å². The number of benzene rings is 3. The zero-order valence-corrected chi connectivity index (χ0v) is 18.8. The SMILES string of the molecule is CCOc1ccccc1OC1=C(Oc2ccccc2OCC)C(=O)c2cc(Cl)ccc2C1=O. The molecular weight excluding hydrogens is 444 g/mol. The van der Waals surface area contributed by atoms with Gasteiger partial charge < -0.3 is 18.9 Å². The summed E-state index contributed by atoms with van der Waals surface area (Å²) in [5.41, 5.74) is 0.320. The van der Waals surface area contributed by atoms with Crippen molar-refractivity contribution >= 4 is 23.2 Å². The topological polar surface area (TPSA) is 71.1 Å². The molecule has 0 atom stereocenters. The second-order valence-corrected chi connectivity index (χ2v) is 7.41. The van der Waals surface area contributed by atoms with Crippen LogP contribution in [-0.4, -0.2) is 24.8 Å². The molecular formula is C26H21ClO6. The second kappa shape index (κ2) is 9.79. The van der Waals surface area contributed by atoms with E-state index in [1.165, 1.54) is 12.1 Å². The minimum Gasteiger partial charge on any atom is -0.490 e. The Bertz CT molecular complexity index is 1250. The molecule has 0 saturated carbocycles. The summed E-state index contributed by atoms with van der Waals surface area (Å²) in [6.45, 7) is 4.47. The summed E-state index contributed by atoms with van der Waals surface area (Å²) < 4.78 is 23.2. The first-order valence-corrected chi connectivity index (χ1v) is 10.8. The van der Waals surface area contributed by atoms with E-state index >= 15 is 0 Å². The van der Waals surface area contributed by atoms with Gasteiger partial charge in [-0.15, -0.1) is 0 Å². The summed E-state index contributed by atoms with van der Waals surface area (Å²) in [4.78, 5) is 26.9. The fraction of sp³-hybridized carbons (Fsp3) is 0.154. The summed E-state index contributed by atoms with van der Waals surface area (Å²) in [6, 6.07) is 18.3. The first-order chi connectivity index (χ1) is 16.0. The van der Waals surface area contributed by atoms with E-state index in [-0.39, 0.29) is 34.1 Å². The third-order valence-electron chi connectivity index (χ3n) is 4.81. The van der Waals surface area contributed by atoms with Gasteiger partial charge in [0, 0.05) is 16.1 Å². The molecule has 6 nitrogen and oxygen atoms in total. The predicted octanol–water partition coefficient (Wildman–Crippen LogP) is 5.89. The molecule has 0 heterocycles. The highest BCUT2D eigenvalue weighted by atomic mass is 35.5. The van der Waals surface area contributed by atoms with Crippen molar-refractivity contribution < 1.29 is 28.5 Å². The van der Waals surface area contributed by atoms with E-state index in [2.05, 4.69) is 0 Å². The molecule has 3 aromatic carbocycles. The second-order valence-electron chi connectivity index (χ2n) is 6.97. The minimum atomic E-state index is -0.526. The van der Waals surface area contributed by atoms with Gasteiger partial charge in [0.1, 0.15) is 0 Å². The molecule has 0 aromatic heterocycles. The molecule has 0 bridgehead atoms. The number of halogens is 1. The molecule has 3 aromatic rings. The number of Topliss-reactive ketones (excluding diaryl/α,β-unsaturated/α-hetero) is 2. The molecule has 168 valence electrons.